The SMILES string of the molecule is Cc1cccc(NC(=O)NC(=O)COC(=O)c2ccccc2NC(=O)Cc2ccccc2)c1C. The Bertz CT molecular complexity index is 1210. The van der Waals surface area contributed by atoms with Gasteiger partial charge < -0.3 is 15.4 Å². The molecule has 0 saturated heterocycles. The van der Waals surface area contributed by atoms with Crippen molar-refractivity contribution in [1.82, 2.24) is 5.32 Å². The topological polar surface area (TPSA) is 114 Å². The maximum absolute atomic E-state index is 12.5. The molecule has 174 valence electrons. The van der Waals surface area contributed by atoms with Gasteiger partial charge in [0.15, 0.2) is 6.61 Å². The van der Waals surface area contributed by atoms with Crippen LogP contribution in [0.5, 0.6) is 0 Å². The second kappa shape index (κ2) is 11.4. The summed E-state index contributed by atoms with van der Waals surface area (Å²) in [6.07, 6.45) is 0.141. The highest BCUT2D eigenvalue weighted by molar-refractivity contribution is 6.04. The van der Waals surface area contributed by atoms with Gasteiger partial charge in [-0.1, -0.05) is 54.6 Å². The molecule has 0 aliphatic carbocycles. The van der Waals surface area contributed by atoms with Crippen molar-refractivity contribution in [3.63, 3.8) is 0 Å². The van der Waals surface area contributed by atoms with Gasteiger partial charge in [-0.15, -0.1) is 0 Å². The zero-order chi connectivity index (χ0) is 24.5. The van der Waals surface area contributed by atoms with E-state index in [0.717, 1.165) is 16.7 Å². The van der Waals surface area contributed by atoms with E-state index in [2.05, 4.69) is 16.0 Å². The molecule has 3 aromatic carbocycles. The molecule has 8 heteroatoms. The summed E-state index contributed by atoms with van der Waals surface area (Å²) in [6, 6.07) is 20.2. The summed E-state index contributed by atoms with van der Waals surface area (Å²) >= 11 is 0. The van der Waals surface area contributed by atoms with Crippen molar-refractivity contribution in [3.8, 4) is 0 Å². The van der Waals surface area contributed by atoms with E-state index in [1.807, 2.05) is 50.2 Å². The first-order valence-electron chi connectivity index (χ1n) is 10.6. The highest BCUT2D eigenvalue weighted by atomic mass is 16.5. The number of anilines is 2. The smallest absolute Gasteiger partial charge is 0.340 e. The fourth-order valence-corrected chi connectivity index (χ4v) is 3.16. The number of hydrogen-bond acceptors (Lipinski definition) is 5. The van der Waals surface area contributed by atoms with E-state index in [1.165, 1.54) is 6.07 Å². The zero-order valence-electron chi connectivity index (χ0n) is 18.9. The summed E-state index contributed by atoms with van der Waals surface area (Å²) in [5.41, 5.74) is 3.63. The van der Waals surface area contributed by atoms with Crippen molar-refractivity contribution >= 4 is 35.2 Å². The maximum Gasteiger partial charge on any atom is 0.340 e. The van der Waals surface area contributed by atoms with Gasteiger partial charge in [0.1, 0.15) is 0 Å². The molecule has 0 saturated carbocycles. The van der Waals surface area contributed by atoms with E-state index in [9.17, 15) is 19.2 Å². The van der Waals surface area contributed by atoms with Gasteiger partial charge in [0, 0.05) is 5.69 Å². The first kappa shape index (κ1) is 24.2. The Kier molecular flexibility index (Phi) is 8.12. The molecule has 4 amide bonds. The molecule has 0 bridgehead atoms. The summed E-state index contributed by atoms with van der Waals surface area (Å²) in [5, 5.41) is 7.41. The van der Waals surface area contributed by atoms with Crippen LogP contribution in [0.25, 0.3) is 0 Å². The Hall–Kier alpha value is -4.46. The molecule has 0 aliphatic heterocycles. The molecular formula is C26H25N3O5. The Morgan fingerprint density at radius 2 is 1.41 bits per heavy atom. The van der Waals surface area contributed by atoms with Crippen LogP contribution in [0.3, 0.4) is 0 Å². The Balaban J connectivity index is 1.53. The van der Waals surface area contributed by atoms with Crippen LogP contribution in [-0.2, 0) is 20.7 Å². The summed E-state index contributed by atoms with van der Waals surface area (Å²) in [7, 11) is 0. The standard InChI is InChI=1S/C26H25N3O5/c1-17-9-8-14-21(18(17)2)28-26(33)29-24(31)16-34-25(32)20-12-6-7-13-22(20)27-23(30)15-19-10-4-3-5-11-19/h3-14H,15-16H2,1-2H3,(H,27,30)(H2,28,29,31,33). The molecule has 0 fully saturated rings. The van der Waals surface area contributed by atoms with E-state index < -0.39 is 24.5 Å². The van der Waals surface area contributed by atoms with Crippen LogP contribution in [0.4, 0.5) is 16.2 Å². The Labute approximate surface area is 197 Å². The van der Waals surface area contributed by atoms with Gasteiger partial charge in [0.2, 0.25) is 5.91 Å². The Morgan fingerprint density at radius 3 is 2.18 bits per heavy atom. The van der Waals surface area contributed by atoms with Crippen LogP contribution >= 0.6 is 0 Å². The Morgan fingerprint density at radius 1 is 0.735 bits per heavy atom. The lowest BCUT2D eigenvalue weighted by Crippen LogP contribution is -2.37. The highest BCUT2D eigenvalue weighted by Crippen LogP contribution is 2.18. The normalized spacial score (nSPS) is 10.2. The highest BCUT2D eigenvalue weighted by Gasteiger charge is 2.17. The lowest BCUT2D eigenvalue weighted by atomic mass is 10.1. The third kappa shape index (κ3) is 6.77. The van der Waals surface area contributed by atoms with Crippen LogP contribution in [-0.4, -0.2) is 30.4 Å². The number of carbonyl (C=O) groups is 4. The molecule has 3 aromatic rings. The fraction of sp³-hybridized carbons (Fsp3) is 0.154. The third-order valence-corrected chi connectivity index (χ3v) is 5.07. The van der Waals surface area contributed by atoms with E-state index in [1.54, 1.807) is 30.3 Å². The van der Waals surface area contributed by atoms with Gasteiger partial charge in [-0.25, -0.2) is 9.59 Å². The average molecular weight is 460 g/mol. The molecule has 0 heterocycles. The molecule has 0 radical (unpaired) electrons. The molecule has 0 unspecified atom stereocenters. The zero-order valence-corrected chi connectivity index (χ0v) is 18.9. The van der Waals surface area contributed by atoms with Gasteiger partial charge in [-0.3, -0.25) is 14.9 Å². The molecule has 3 rings (SSSR count). The van der Waals surface area contributed by atoms with Crippen molar-refractivity contribution in [3.05, 3.63) is 95.1 Å². The summed E-state index contributed by atoms with van der Waals surface area (Å²) in [5.74, 6) is -1.89. The monoisotopic (exact) mass is 459 g/mol. The quantitative estimate of drug-likeness (QED) is 0.463. The minimum atomic E-state index is -0.805. The number of rotatable bonds is 7. The number of imide groups is 1. The van der Waals surface area contributed by atoms with Crippen molar-refractivity contribution in [2.45, 2.75) is 20.3 Å². The average Bonchev–Trinajstić information content (AvgIpc) is 2.81. The second-order valence-electron chi connectivity index (χ2n) is 7.58. The molecule has 3 N–H and O–H groups in total. The van der Waals surface area contributed by atoms with Gasteiger partial charge in [-0.2, -0.15) is 0 Å². The number of benzene rings is 3. The van der Waals surface area contributed by atoms with Gasteiger partial charge in [0.25, 0.3) is 5.91 Å². The molecule has 34 heavy (non-hydrogen) atoms. The molecule has 8 nitrogen and oxygen atoms in total. The number of nitrogens with one attached hydrogen (secondary N) is 3. The number of amides is 4. The largest absolute Gasteiger partial charge is 0.452 e. The first-order valence-corrected chi connectivity index (χ1v) is 10.6. The number of aryl methyl sites for hydroxylation is 1. The van der Waals surface area contributed by atoms with Crippen LogP contribution in [0, 0.1) is 13.8 Å². The molecule has 0 aromatic heterocycles. The maximum atomic E-state index is 12.5. The number of hydrogen-bond donors (Lipinski definition) is 3. The number of carbonyl (C=O) groups excluding carboxylic acids is 4. The van der Waals surface area contributed by atoms with Crippen LogP contribution in [0.2, 0.25) is 0 Å². The third-order valence-electron chi connectivity index (χ3n) is 5.07. The van der Waals surface area contributed by atoms with E-state index in [0.29, 0.717) is 5.69 Å². The minimum absolute atomic E-state index is 0.0940. The van der Waals surface area contributed by atoms with Gasteiger partial charge in [0.05, 0.1) is 17.7 Å². The van der Waals surface area contributed by atoms with Gasteiger partial charge in [-0.05, 0) is 48.7 Å². The lowest BCUT2D eigenvalue weighted by Gasteiger charge is -2.12. The number of para-hydroxylation sites is 1. The summed E-state index contributed by atoms with van der Waals surface area (Å²) < 4.78 is 5.04. The predicted molar refractivity (Wildman–Crippen MR) is 129 cm³/mol. The number of urea groups is 1. The summed E-state index contributed by atoms with van der Waals surface area (Å²) in [4.78, 5) is 49.1. The second-order valence-corrected chi connectivity index (χ2v) is 7.58. The summed E-state index contributed by atoms with van der Waals surface area (Å²) in [6.45, 7) is 3.10. The fourth-order valence-electron chi connectivity index (χ4n) is 3.16. The molecule has 0 atom stereocenters. The van der Waals surface area contributed by atoms with Crippen LogP contribution in [0.1, 0.15) is 27.0 Å². The van der Waals surface area contributed by atoms with Gasteiger partial charge >= 0.3 is 12.0 Å². The van der Waals surface area contributed by atoms with Crippen molar-refractivity contribution in [1.29, 1.82) is 0 Å². The van der Waals surface area contributed by atoms with Crippen LogP contribution in [0.15, 0.2) is 72.8 Å². The van der Waals surface area contributed by atoms with E-state index in [4.69, 9.17) is 4.74 Å². The predicted octanol–water partition coefficient (Wildman–Crippen LogP) is 3.99. The molecule has 0 spiro atoms. The van der Waals surface area contributed by atoms with Crippen LogP contribution < -0.4 is 16.0 Å². The van der Waals surface area contributed by atoms with Crippen molar-refractivity contribution < 1.29 is 23.9 Å². The van der Waals surface area contributed by atoms with E-state index >= 15 is 0 Å². The number of ether oxygens (including phenoxy) is 1. The van der Waals surface area contributed by atoms with Crippen molar-refractivity contribution in [2.75, 3.05) is 17.2 Å². The van der Waals surface area contributed by atoms with E-state index in [-0.39, 0.29) is 23.6 Å². The van der Waals surface area contributed by atoms with Crippen molar-refractivity contribution in [2.24, 2.45) is 0 Å². The molecular weight excluding hydrogens is 434 g/mol. The minimum Gasteiger partial charge on any atom is -0.452 e. The molecule has 0 aliphatic rings. The first-order chi connectivity index (χ1) is 16.3. The lowest BCUT2D eigenvalue weighted by molar-refractivity contribution is -0.123. The number of esters is 1.